The third-order valence-corrected chi connectivity index (χ3v) is 11.2. The molecule has 0 fully saturated rings. The highest BCUT2D eigenvalue weighted by atomic mass is 16.4. The Morgan fingerprint density at radius 1 is 0.474 bits per heavy atom. The highest BCUT2D eigenvalue weighted by Gasteiger charge is 2.36. The molecule has 0 aliphatic heterocycles. The van der Waals surface area contributed by atoms with Gasteiger partial charge in [-0.2, -0.15) is 0 Å². The summed E-state index contributed by atoms with van der Waals surface area (Å²) in [5.74, 6) is -11.2. The van der Waals surface area contributed by atoms with E-state index in [2.05, 4.69) is 47.2 Å². The first-order valence-electron chi connectivity index (χ1n) is 24.3. The monoisotopic (exact) mass is 1070 g/mol. The van der Waals surface area contributed by atoms with E-state index in [-0.39, 0.29) is 75.9 Å². The maximum atomic E-state index is 14.4. The van der Waals surface area contributed by atoms with E-state index in [1.54, 1.807) is 74.5 Å². The van der Waals surface area contributed by atoms with Gasteiger partial charge in [0.25, 0.3) is 0 Å². The van der Waals surface area contributed by atoms with E-state index in [1.165, 1.54) is 6.92 Å². The van der Waals surface area contributed by atoms with E-state index in [0.29, 0.717) is 11.1 Å². The van der Waals surface area contributed by atoms with Gasteiger partial charge in [0.05, 0.1) is 18.9 Å². The summed E-state index contributed by atoms with van der Waals surface area (Å²) in [6.45, 7) is 4.71. The van der Waals surface area contributed by atoms with Crippen LogP contribution in [0.3, 0.4) is 0 Å². The molecule has 0 saturated carbocycles. The van der Waals surface area contributed by atoms with Crippen molar-refractivity contribution in [2.24, 2.45) is 56.0 Å². The molecule has 0 aliphatic rings. The summed E-state index contributed by atoms with van der Waals surface area (Å²) < 4.78 is 0. The van der Waals surface area contributed by atoms with Crippen LogP contribution in [-0.2, 0) is 60.8 Å². The zero-order valence-corrected chi connectivity index (χ0v) is 42.7. The number of carboxylic acid groups (broad SMARTS) is 1. The maximum absolute atomic E-state index is 14.4. The minimum absolute atomic E-state index is 0.00827. The minimum atomic E-state index is -1.82. The number of aliphatic hydroxyl groups is 1. The largest absolute Gasteiger partial charge is 0.480 e. The number of benzene rings is 2. The second kappa shape index (κ2) is 32.7. The molecule has 0 saturated heterocycles. The van der Waals surface area contributed by atoms with Crippen LogP contribution in [0.2, 0.25) is 0 Å². The van der Waals surface area contributed by atoms with Gasteiger partial charge in [-0.3, -0.25) is 53.1 Å². The molecule has 0 heterocycles. The molecule has 28 nitrogen and oxygen atoms in total. The van der Waals surface area contributed by atoms with Crippen molar-refractivity contribution in [3.63, 3.8) is 0 Å². The first-order chi connectivity index (χ1) is 35.8. The number of aliphatic carboxylic acids is 1. The predicted molar refractivity (Wildman–Crippen MR) is 278 cm³/mol. The van der Waals surface area contributed by atoms with Crippen LogP contribution >= 0.6 is 0 Å². The van der Waals surface area contributed by atoms with Gasteiger partial charge in [-0.05, 0) is 56.1 Å². The summed E-state index contributed by atoms with van der Waals surface area (Å²) in [6, 6.07) is 4.54. The van der Waals surface area contributed by atoms with Gasteiger partial charge in [-0.15, -0.1) is 0 Å². The molecule has 28 heteroatoms. The van der Waals surface area contributed by atoms with Gasteiger partial charge in [-0.1, -0.05) is 74.5 Å². The van der Waals surface area contributed by atoms with Crippen LogP contribution < -0.4 is 77.4 Å². The summed E-state index contributed by atoms with van der Waals surface area (Å²) in [5.41, 5.74) is 39.5. The first-order valence-corrected chi connectivity index (χ1v) is 24.3. The highest BCUT2D eigenvalue weighted by Crippen LogP contribution is 2.12. The highest BCUT2D eigenvalue weighted by molar-refractivity contribution is 5.99. The van der Waals surface area contributed by atoms with Gasteiger partial charge in [0.1, 0.15) is 48.3 Å². The SMILES string of the molecule is CC(C)C[C@H](NC(=O)[C@H](Cc1ccccc1)NC(=O)[C@H](CC(N)=O)NC(=O)[C@H](CCCN=C(N)N)NC(=O)[C@H](CC(N)=O)NC(=O)[C@@H](N)[C@@H](C)O)C(=O)N[C@@H](CCCN=C(N)N)C(=O)N[C@@H](Cc1ccccc1)C(=O)O. The first kappa shape index (κ1) is 63.7. The van der Waals surface area contributed by atoms with Crippen molar-refractivity contribution in [1.29, 1.82) is 0 Å². The molecule has 0 aromatic heterocycles. The summed E-state index contributed by atoms with van der Waals surface area (Å²) >= 11 is 0. The number of nitrogens with two attached hydrogens (primary N) is 7. The van der Waals surface area contributed by atoms with Crippen LogP contribution in [0, 0.1) is 5.92 Å². The van der Waals surface area contributed by atoms with E-state index in [0.717, 1.165) is 0 Å². The van der Waals surface area contributed by atoms with Crippen LogP contribution in [0.15, 0.2) is 70.6 Å². The Labute approximate surface area is 439 Å². The molecule has 2 aromatic carbocycles. The average molecular weight is 1070 g/mol. The molecule has 0 unspecified atom stereocenters. The summed E-state index contributed by atoms with van der Waals surface area (Å²) in [7, 11) is 0. The number of amides is 9. The second-order valence-electron chi connectivity index (χ2n) is 18.3. The molecule has 0 radical (unpaired) electrons. The van der Waals surface area contributed by atoms with Crippen LogP contribution in [0.1, 0.15) is 76.8 Å². The van der Waals surface area contributed by atoms with Crippen molar-refractivity contribution in [3.05, 3.63) is 71.8 Å². The minimum Gasteiger partial charge on any atom is -0.480 e. The molecule has 9 atom stereocenters. The van der Waals surface area contributed by atoms with Crippen LogP contribution in [0.5, 0.6) is 0 Å². The molecule has 23 N–H and O–H groups in total. The normalized spacial score (nSPS) is 14.4. The molecular weight excluding hydrogens is 993 g/mol. The maximum Gasteiger partial charge on any atom is 0.326 e. The third kappa shape index (κ3) is 24.5. The Balaban J connectivity index is 2.52. The number of rotatable bonds is 34. The van der Waals surface area contributed by atoms with Gasteiger partial charge in [0, 0.05) is 25.9 Å². The number of carboxylic acids is 1. The number of carbonyl (C=O) groups is 10. The zero-order chi connectivity index (χ0) is 57.1. The molecule has 0 spiro atoms. The Morgan fingerprint density at radius 3 is 1.18 bits per heavy atom. The Morgan fingerprint density at radius 2 is 0.803 bits per heavy atom. The summed E-state index contributed by atoms with van der Waals surface area (Å²) in [4.78, 5) is 142. The number of aliphatic hydroxyl groups excluding tert-OH is 1. The number of hydrogen-bond acceptors (Lipinski definition) is 14. The Kier molecular flexibility index (Phi) is 27.4. The molecule has 0 bridgehead atoms. The molecule has 418 valence electrons. The Bertz CT molecular complexity index is 2350. The number of guanidine groups is 2. The lowest BCUT2D eigenvalue weighted by Crippen LogP contribution is -2.61. The van der Waals surface area contributed by atoms with Gasteiger partial charge in [0.2, 0.25) is 53.2 Å². The molecule has 2 rings (SSSR count). The van der Waals surface area contributed by atoms with Crippen molar-refractivity contribution in [2.45, 2.75) is 133 Å². The van der Waals surface area contributed by atoms with E-state index in [9.17, 15) is 58.2 Å². The van der Waals surface area contributed by atoms with Crippen LogP contribution in [-0.4, -0.2) is 149 Å². The standard InChI is InChI=1S/C48H74N16O12/c1-25(2)20-31(41(70)58-30(17-11-19-57-48(54)55)40(69)64-35(46(75)76)22-28-14-8-5-9-15-28)60-42(71)32(21-27-12-6-4-7-13-27)61-44(73)33(23-36(49)66)62-39(68)29(16-10-18-56-47(52)53)59-43(72)34(24-37(50)67)63-45(74)38(51)26(3)65/h4-9,12-15,25-26,29-35,38,65H,10-11,16-24,51H2,1-3H3,(H2,49,66)(H2,50,67)(H,58,70)(H,59,72)(H,60,71)(H,61,73)(H,62,68)(H,63,74)(H,64,69)(H,75,76)(H4,52,53,56)(H4,54,55,57)/t26-,29+,30+,31+,32+,33+,34+,35+,38+/m1/s1. The molecule has 2 aromatic rings. The third-order valence-electron chi connectivity index (χ3n) is 11.2. The molecule has 0 aliphatic carbocycles. The van der Waals surface area contributed by atoms with Crippen LogP contribution in [0.4, 0.5) is 0 Å². The lowest BCUT2D eigenvalue weighted by atomic mass is 9.99. The smallest absolute Gasteiger partial charge is 0.326 e. The summed E-state index contributed by atoms with van der Waals surface area (Å²) in [6.07, 6.45) is -3.43. The van der Waals surface area contributed by atoms with Crippen molar-refractivity contribution in [3.8, 4) is 0 Å². The average Bonchev–Trinajstić information content (AvgIpc) is 3.34. The van der Waals surface area contributed by atoms with Gasteiger partial charge < -0.3 is 87.6 Å². The van der Waals surface area contributed by atoms with E-state index in [4.69, 9.17) is 40.1 Å². The van der Waals surface area contributed by atoms with Crippen molar-refractivity contribution in [1.82, 2.24) is 37.2 Å². The fraction of sp³-hybridized carbons (Fsp3) is 0.500. The predicted octanol–water partition coefficient (Wildman–Crippen LogP) is -5.44. The lowest BCUT2D eigenvalue weighted by Gasteiger charge is -2.28. The van der Waals surface area contributed by atoms with Crippen molar-refractivity contribution >= 4 is 71.1 Å². The number of nitrogens with one attached hydrogen (secondary N) is 7. The van der Waals surface area contributed by atoms with E-state index in [1.807, 2.05) is 0 Å². The fourth-order valence-electron chi connectivity index (χ4n) is 7.30. The number of nitrogens with zero attached hydrogens (tertiary/aromatic N) is 2. The van der Waals surface area contributed by atoms with Crippen molar-refractivity contribution in [2.75, 3.05) is 13.1 Å². The number of aliphatic imine (C=N–C) groups is 2. The number of primary amides is 2. The number of carbonyl (C=O) groups excluding carboxylic acids is 9. The second-order valence-corrected chi connectivity index (χ2v) is 18.3. The molecule has 76 heavy (non-hydrogen) atoms. The number of hydrogen-bond donors (Lipinski definition) is 16. The van der Waals surface area contributed by atoms with Crippen molar-refractivity contribution < 1.29 is 58.2 Å². The molecular formula is C48H74N16O12. The van der Waals surface area contributed by atoms with Crippen LogP contribution in [0.25, 0.3) is 0 Å². The van der Waals surface area contributed by atoms with E-state index < -0.39 is 126 Å². The zero-order valence-electron chi connectivity index (χ0n) is 42.7. The van der Waals surface area contributed by atoms with Gasteiger partial charge in [-0.25, -0.2) is 4.79 Å². The molecule has 9 amide bonds. The lowest BCUT2D eigenvalue weighted by molar-refractivity contribution is -0.142. The van der Waals surface area contributed by atoms with Gasteiger partial charge >= 0.3 is 5.97 Å². The Hall–Kier alpha value is -8.40. The fourth-order valence-corrected chi connectivity index (χ4v) is 7.30. The summed E-state index contributed by atoms with van der Waals surface area (Å²) in [5, 5.41) is 37.1. The van der Waals surface area contributed by atoms with E-state index >= 15 is 0 Å². The van der Waals surface area contributed by atoms with Gasteiger partial charge in [0.15, 0.2) is 11.9 Å². The topological polar surface area (TPSA) is 502 Å². The quantitative estimate of drug-likeness (QED) is 0.0177.